The van der Waals surface area contributed by atoms with Gasteiger partial charge in [-0.1, -0.05) is 0 Å². The van der Waals surface area contributed by atoms with Crippen LogP contribution in [0.1, 0.15) is 16.8 Å². The normalized spacial score (nSPS) is 12.6. The Balaban J connectivity index is 2.61. The van der Waals surface area contributed by atoms with E-state index in [2.05, 4.69) is 50.6 Å². The van der Waals surface area contributed by atoms with Crippen molar-refractivity contribution < 1.29 is 27.3 Å². The highest BCUT2D eigenvalue weighted by Crippen LogP contribution is 2.25. The van der Waals surface area contributed by atoms with Gasteiger partial charge in [-0.25, -0.2) is 4.79 Å². The van der Waals surface area contributed by atoms with E-state index in [1.54, 1.807) is 24.3 Å². The van der Waals surface area contributed by atoms with Crippen molar-refractivity contribution in [2.24, 2.45) is 0 Å². The van der Waals surface area contributed by atoms with Crippen molar-refractivity contribution in [2.45, 2.75) is 58.3 Å². The molecule has 1 aromatic rings. The van der Waals surface area contributed by atoms with Crippen LogP contribution in [-0.2, 0) is 17.8 Å². The first-order valence-corrected chi connectivity index (χ1v) is 18.8. The molecule has 0 aliphatic carbocycles. The van der Waals surface area contributed by atoms with Gasteiger partial charge in [0.2, 0.25) is 0 Å². The van der Waals surface area contributed by atoms with E-state index in [4.69, 9.17) is 13.0 Å². The third kappa shape index (κ3) is 9.28. The molecule has 0 spiro atoms. The van der Waals surface area contributed by atoms with Crippen LogP contribution in [0.5, 0.6) is 5.75 Å². The van der Waals surface area contributed by atoms with Crippen LogP contribution in [0.25, 0.3) is 0 Å². The molecule has 0 saturated carbocycles. The second-order valence-corrected chi connectivity index (χ2v) is 21.7. The van der Waals surface area contributed by atoms with Gasteiger partial charge in [0.15, 0.2) is 16.6 Å². The summed E-state index contributed by atoms with van der Waals surface area (Å²) in [6.45, 7) is 15.9. The van der Waals surface area contributed by atoms with Crippen molar-refractivity contribution in [3.63, 3.8) is 0 Å². The average molecular weight is 443 g/mol. The minimum Gasteiger partial charge on any atom is -0.494 e. The number of Topliss-reactive ketones (excluding diaryl/α,β-unsaturated/α-hetero) is 1. The summed E-state index contributed by atoms with van der Waals surface area (Å²) in [6, 6.07) is 7.38. The highest BCUT2D eigenvalue weighted by atomic mass is 28.5. The molecule has 0 aromatic heterocycles. The SMILES string of the molecule is COC(=O)C(=O)c1ccc(OCCC[Si](C)(O[Si](C)(C)C)O[Si](C)(C)C)cc1. The topological polar surface area (TPSA) is 71.1 Å². The summed E-state index contributed by atoms with van der Waals surface area (Å²) in [5.74, 6) is -0.882. The Bertz CT molecular complexity index is 646. The van der Waals surface area contributed by atoms with Crippen LogP contribution in [0.4, 0.5) is 0 Å². The third-order valence-corrected chi connectivity index (χ3v) is 13.2. The molecule has 0 heterocycles. The second kappa shape index (κ2) is 9.97. The van der Waals surface area contributed by atoms with Gasteiger partial charge in [0, 0.05) is 5.56 Å². The first-order chi connectivity index (χ1) is 12.7. The molecule has 0 amide bonds. The molecule has 0 atom stereocenters. The largest absolute Gasteiger partial charge is 0.494 e. The fourth-order valence-electron chi connectivity index (χ4n) is 2.91. The third-order valence-electron chi connectivity index (χ3n) is 3.58. The zero-order valence-corrected chi connectivity index (χ0v) is 21.4. The van der Waals surface area contributed by atoms with E-state index in [0.717, 1.165) is 12.5 Å². The summed E-state index contributed by atoms with van der Waals surface area (Å²) in [5, 5.41) is 0. The highest BCUT2D eigenvalue weighted by Gasteiger charge is 2.39. The number of ketones is 1. The van der Waals surface area contributed by atoms with Crippen molar-refractivity contribution in [3.8, 4) is 5.75 Å². The van der Waals surface area contributed by atoms with Gasteiger partial charge in [-0.2, -0.15) is 0 Å². The maximum atomic E-state index is 11.8. The quantitative estimate of drug-likeness (QED) is 0.164. The number of esters is 1. The molecule has 28 heavy (non-hydrogen) atoms. The Morgan fingerprint density at radius 2 is 1.36 bits per heavy atom. The summed E-state index contributed by atoms with van der Waals surface area (Å²) < 4.78 is 23.2. The monoisotopic (exact) mass is 442 g/mol. The number of rotatable bonds is 11. The molecule has 1 rings (SSSR count). The van der Waals surface area contributed by atoms with Crippen LogP contribution >= 0.6 is 0 Å². The number of methoxy groups -OCH3 is 1. The smallest absolute Gasteiger partial charge is 0.379 e. The van der Waals surface area contributed by atoms with E-state index in [0.29, 0.717) is 12.4 Å². The molecule has 6 nitrogen and oxygen atoms in total. The molecule has 0 unspecified atom stereocenters. The van der Waals surface area contributed by atoms with E-state index in [9.17, 15) is 9.59 Å². The van der Waals surface area contributed by atoms with Gasteiger partial charge in [-0.15, -0.1) is 0 Å². The standard InChI is InChI=1S/C19H34O6Si3/c1-22-19(21)18(20)16-10-12-17(13-11-16)23-14-9-15-28(8,24-26(2,3)4)25-27(5,6)7/h10-13H,9,14-15H2,1-8H3. The van der Waals surface area contributed by atoms with Crippen molar-refractivity contribution in [1.82, 2.24) is 0 Å². The van der Waals surface area contributed by atoms with Crippen LogP contribution < -0.4 is 4.74 Å². The van der Waals surface area contributed by atoms with Crippen LogP contribution in [-0.4, -0.2) is 50.7 Å². The minimum atomic E-state index is -2.25. The van der Waals surface area contributed by atoms with Gasteiger partial charge in [0.25, 0.3) is 5.78 Å². The van der Waals surface area contributed by atoms with Gasteiger partial charge in [-0.3, -0.25) is 4.79 Å². The first kappa shape index (κ1) is 24.8. The second-order valence-electron chi connectivity index (χ2n) is 8.86. The van der Waals surface area contributed by atoms with Gasteiger partial charge in [0.05, 0.1) is 13.7 Å². The molecule has 9 heteroatoms. The number of hydrogen-bond donors (Lipinski definition) is 0. The van der Waals surface area contributed by atoms with Crippen LogP contribution in [0.15, 0.2) is 24.3 Å². The van der Waals surface area contributed by atoms with Gasteiger partial charge in [0.1, 0.15) is 5.75 Å². The molecule has 0 radical (unpaired) electrons. The Morgan fingerprint density at radius 1 is 0.857 bits per heavy atom. The van der Waals surface area contributed by atoms with Crippen LogP contribution in [0.2, 0.25) is 51.9 Å². The molecule has 0 aliphatic rings. The van der Waals surface area contributed by atoms with Gasteiger partial charge >= 0.3 is 14.5 Å². The molecular formula is C19H34O6Si3. The summed E-state index contributed by atoms with van der Waals surface area (Å²) in [6.07, 6.45) is 0.834. The Hall–Kier alpha value is -1.27. The number of benzene rings is 1. The molecule has 0 saturated heterocycles. The maximum Gasteiger partial charge on any atom is 0.379 e. The lowest BCUT2D eigenvalue weighted by Gasteiger charge is -2.38. The van der Waals surface area contributed by atoms with E-state index >= 15 is 0 Å². The molecular weight excluding hydrogens is 408 g/mol. The summed E-state index contributed by atoms with van der Waals surface area (Å²) in [5.41, 5.74) is 0.284. The predicted molar refractivity (Wildman–Crippen MR) is 118 cm³/mol. The molecule has 0 bridgehead atoms. The number of ether oxygens (including phenoxy) is 2. The Kier molecular flexibility index (Phi) is 8.82. The number of hydrogen-bond acceptors (Lipinski definition) is 6. The number of carbonyl (C=O) groups is 2. The molecule has 158 valence electrons. The maximum absolute atomic E-state index is 11.8. The fraction of sp³-hybridized carbons (Fsp3) is 0.579. The van der Waals surface area contributed by atoms with Crippen molar-refractivity contribution in [2.75, 3.05) is 13.7 Å². The van der Waals surface area contributed by atoms with E-state index < -0.39 is 36.9 Å². The summed E-state index contributed by atoms with van der Waals surface area (Å²) in [4.78, 5) is 23.0. The van der Waals surface area contributed by atoms with E-state index in [1.165, 1.54) is 7.11 Å². The fourth-order valence-corrected chi connectivity index (χ4v) is 15.4. The lowest BCUT2D eigenvalue weighted by atomic mass is 10.1. The molecule has 0 N–H and O–H groups in total. The highest BCUT2D eigenvalue weighted by molar-refractivity contribution is 6.87. The molecule has 0 fully saturated rings. The minimum absolute atomic E-state index is 0.284. The zero-order valence-electron chi connectivity index (χ0n) is 18.4. The number of carbonyl (C=O) groups excluding carboxylic acids is 2. The summed E-state index contributed by atoms with van der Waals surface area (Å²) >= 11 is 0. The van der Waals surface area contributed by atoms with Crippen molar-refractivity contribution in [1.29, 1.82) is 0 Å². The predicted octanol–water partition coefficient (Wildman–Crippen LogP) is 4.59. The Morgan fingerprint density at radius 3 is 1.79 bits per heavy atom. The zero-order chi connectivity index (χ0) is 21.6. The van der Waals surface area contributed by atoms with E-state index in [-0.39, 0.29) is 5.56 Å². The lowest BCUT2D eigenvalue weighted by molar-refractivity contribution is -0.135. The van der Waals surface area contributed by atoms with E-state index in [1.807, 2.05) is 0 Å². The summed E-state index contributed by atoms with van der Waals surface area (Å²) in [7, 11) is -4.46. The average Bonchev–Trinajstić information content (AvgIpc) is 2.54. The van der Waals surface area contributed by atoms with Crippen molar-refractivity contribution in [3.05, 3.63) is 29.8 Å². The van der Waals surface area contributed by atoms with Gasteiger partial charge in [-0.05, 0) is 82.6 Å². The van der Waals surface area contributed by atoms with Crippen LogP contribution in [0.3, 0.4) is 0 Å². The first-order valence-electron chi connectivity index (χ1n) is 9.50. The lowest BCUT2D eigenvalue weighted by Crippen LogP contribution is -2.52. The molecule has 1 aromatic carbocycles. The van der Waals surface area contributed by atoms with Crippen molar-refractivity contribution >= 4 is 36.9 Å². The van der Waals surface area contributed by atoms with Gasteiger partial charge < -0.3 is 17.7 Å². The van der Waals surface area contributed by atoms with Crippen LogP contribution in [0, 0.1) is 0 Å². The Labute approximate surface area is 172 Å². The molecule has 0 aliphatic heterocycles.